The maximum Gasteiger partial charge on any atom is 0.174 e. The van der Waals surface area contributed by atoms with Crippen molar-refractivity contribution in [3.63, 3.8) is 0 Å². The number of ether oxygens (including phenoxy) is 1. The van der Waals surface area contributed by atoms with E-state index < -0.39 is 17.1 Å². The summed E-state index contributed by atoms with van der Waals surface area (Å²) in [6.45, 7) is 5.57. The molecule has 1 saturated carbocycles. The van der Waals surface area contributed by atoms with E-state index in [9.17, 15) is 15.0 Å². The fourth-order valence-electron chi connectivity index (χ4n) is 6.34. The Hall–Kier alpha value is -1.12. The monoisotopic (exact) mass is 469 g/mol. The Bertz CT molecular complexity index is 826. The van der Waals surface area contributed by atoms with Crippen molar-refractivity contribution in [2.75, 3.05) is 20.1 Å². The van der Waals surface area contributed by atoms with E-state index in [1.165, 1.54) is 0 Å². The number of carbonyl (C=O) groups is 1. The molecule has 2 aliphatic heterocycles. The molecule has 2 bridgehead atoms. The van der Waals surface area contributed by atoms with Crippen LogP contribution in [0.15, 0.2) is 24.8 Å². The topological polar surface area (TPSA) is 66.8 Å². The maximum absolute atomic E-state index is 12.7. The molecule has 0 amide bonds. The number of Topliss-reactive ketones (excluding diaryl/α,β-unsaturated/α-hetero) is 1. The van der Waals surface area contributed by atoms with Crippen LogP contribution < -0.4 is 28.7 Å². The molecule has 0 radical (unpaired) electrons. The number of benzene rings is 1. The van der Waals surface area contributed by atoms with Crippen molar-refractivity contribution in [1.29, 1.82) is 0 Å². The van der Waals surface area contributed by atoms with Gasteiger partial charge in [0, 0.05) is 24.8 Å². The molecule has 2 unspecified atom stereocenters. The van der Waals surface area contributed by atoms with Crippen LogP contribution in [-0.2, 0) is 16.6 Å². The second-order valence-corrected chi connectivity index (χ2v) is 8.45. The number of halogens is 1. The highest BCUT2D eigenvalue weighted by Gasteiger charge is 2.76. The molecule has 1 aromatic carbocycles. The third-order valence-electron chi connectivity index (χ3n) is 7.45. The van der Waals surface area contributed by atoms with Crippen LogP contribution in [0.25, 0.3) is 0 Å². The molecule has 5 nitrogen and oxygen atoms in total. The number of carbonyl (C=O) groups excluding carboxylic acids is 1. The first-order valence-corrected chi connectivity index (χ1v) is 9.09. The minimum Gasteiger partial charge on any atom is -1.00 e. The highest BCUT2D eigenvalue weighted by Crippen LogP contribution is 2.65. The summed E-state index contributed by atoms with van der Waals surface area (Å²) in [4.78, 5) is 12.7. The lowest BCUT2D eigenvalue weighted by atomic mass is 9.48. The fourth-order valence-corrected chi connectivity index (χ4v) is 6.34. The van der Waals surface area contributed by atoms with Crippen LogP contribution in [0.5, 0.6) is 11.5 Å². The number of aliphatic hydroxyl groups is 1. The number of phenols is 1. The van der Waals surface area contributed by atoms with Crippen LogP contribution in [0.3, 0.4) is 0 Å². The Morgan fingerprint density at radius 1 is 1.42 bits per heavy atom. The molecule has 5 atom stereocenters. The lowest BCUT2D eigenvalue weighted by Crippen LogP contribution is -3.00. The summed E-state index contributed by atoms with van der Waals surface area (Å²) in [6, 6.07) is 3.60. The van der Waals surface area contributed by atoms with E-state index in [1.54, 1.807) is 6.07 Å². The number of likely N-dealkylation sites (N-methyl/N-ethyl adjacent to an activating group) is 1. The summed E-state index contributed by atoms with van der Waals surface area (Å²) in [5.41, 5.74) is 0.295. The van der Waals surface area contributed by atoms with E-state index in [0.29, 0.717) is 25.0 Å². The fraction of sp³-hybridized carbons (Fsp3) is 0.550. The van der Waals surface area contributed by atoms with E-state index in [-0.39, 0.29) is 41.6 Å². The van der Waals surface area contributed by atoms with Crippen LogP contribution in [0.2, 0.25) is 0 Å². The number of rotatable bonds is 2. The van der Waals surface area contributed by atoms with Gasteiger partial charge in [0.1, 0.15) is 11.6 Å². The Labute approximate surface area is 170 Å². The van der Waals surface area contributed by atoms with Gasteiger partial charge in [-0.1, -0.05) is 12.6 Å². The summed E-state index contributed by atoms with van der Waals surface area (Å²) in [5.74, 6) is 0.547. The Balaban J connectivity index is 0.00000168. The van der Waals surface area contributed by atoms with Gasteiger partial charge in [0.15, 0.2) is 23.4 Å². The molecule has 5 rings (SSSR count). The van der Waals surface area contributed by atoms with Crippen LogP contribution >= 0.6 is 0 Å². The molecule has 2 heterocycles. The van der Waals surface area contributed by atoms with Crippen LogP contribution in [-0.4, -0.2) is 58.4 Å². The zero-order valence-electron chi connectivity index (χ0n) is 14.9. The molecule has 1 saturated heterocycles. The average Bonchev–Trinajstić information content (AvgIpc) is 2.93. The van der Waals surface area contributed by atoms with Gasteiger partial charge in [0.05, 0.1) is 25.6 Å². The molecular formula is C20H24INO4. The van der Waals surface area contributed by atoms with Crippen molar-refractivity contribution in [2.24, 2.45) is 0 Å². The second-order valence-electron chi connectivity index (χ2n) is 8.45. The highest BCUT2D eigenvalue weighted by molar-refractivity contribution is 5.90. The first-order chi connectivity index (χ1) is 11.9. The molecule has 2 fully saturated rings. The first kappa shape index (κ1) is 18.3. The summed E-state index contributed by atoms with van der Waals surface area (Å²) in [5, 5.41) is 22.3. The van der Waals surface area contributed by atoms with Gasteiger partial charge in [0.25, 0.3) is 0 Å². The van der Waals surface area contributed by atoms with E-state index in [1.807, 2.05) is 12.1 Å². The summed E-state index contributed by atoms with van der Waals surface area (Å²) >= 11 is 0. The van der Waals surface area contributed by atoms with E-state index in [2.05, 4.69) is 13.6 Å². The number of ketones is 1. The maximum atomic E-state index is 12.7. The Kier molecular flexibility index (Phi) is 3.83. The molecule has 1 aromatic rings. The third-order valence-corrected chi connectivity index (χ3v) is 7.45. The Morgan fingerprint density at radius 3 is 2.92 bits per heavy atom. The van der Waals surface area contributed by atoms with Crippen molar-refractivity contribution in [3.8, 4) is 11.5 Å². The van der Waals surface area contributed by atoms with Crippen LogP contribution in [0.1, 0.15) is 30.4 Å². The third kappa shape index (κ3) is 1.81. The molecule has 6 heteroatoms. The van der Waals surface area contributed by atoms with Gasteiger partial charge in [-0.05, 0) is 24.1 Å². The molecule has 2 N–H and O–H groups in total. The smallest absolute Gasteiger partial charge is 0.174 e. The van der Waals surface area contributed by atoms with Gasteiger partial charge >= 0.3 is 0 Å². The minimum atomic E-state index is -0.992. The van der Waals surface area contributed by atoms with E-state index >= 15 is 0 Å². The Morgan fingerprint density at radius 2 is 2.19 bits per heavy atom. The predicted molar refractivity (Wildman–Crippen MR) is 91.6 cm³/mol. The second kappa shape index (κ2) is 5.45. The lowest BCUT2D eigenvalue weighted by Gasteiger charge is -2.64. The normalized spacial score (nSPS) is 41.7. The van der Waals surface area contributed by atoms with Gasteiger partial charge in [-0.25, -0.2) is 0 Å². The number of nitrogens with zero attached hydrogens (tertiary/aromatic N) is 1. The summed E-state index contributed by atoms with van der Waals surface area (Å²) in [7, 11) is 2.19. The van der Waals surface area contributed by atoms with Gasteiger partial charge < -0.3 is 43.4 Å². The molecule has 140 valence electrons. The van der Waals surface area contributed by atoms with E-state index in [4.69, 9.17) is 4.74 Å². The molecule has 0 aromatic heterocycles. The molecule has 2 aliphatic carbocycles. The number of hydrogen-bond acceptors (Lipinski definition) is 4. The van der Waals surface area contributed by atoms with Crippen molar-refractivity contribution in [1.82, 2.24) is 0 Å². The molecular weight excluding hydrogens is 445 g/mol. The zero-order chi connectivity index (χ0) is 17.6. The molecule has 1 spiro atoms. The predicted octanol–water partition coefficient (Wildman–Crippen LogP) is -1.55. The van der Waals surface area contributed by atoms with Gasteiger partial charge in [-0.2, -0.15) is 0 Å². The number of hydrogen-bond donors (Lipinski definition) is 2. The standard InChI is InChI=1S/C20H23NO4.HI/c1-3-9-21(2)10-8-19-16-12-4-5-13(22)17(16)25-18(19)14(23)6-7-20(19,24)15(21)11-12;/h3-5,15,18,24H,1,6-11H2,2H3;1H/t15-,18+,19?,20-,21?;/m1./s1. The molecule has 4 aliphatic rings. The lowest BCUT2D eigenvalue weighted by molar-refractivity contribution is -0.944. The first-order valence-electron chi connectivity index (χ1n) is 9.09. The number of quaternary nitrogens is 1. The van der Waals surface area contributed by atoms with Crippen molar-refractivity contribution in [3.05, 3.63) is 35.9 Å². The quantitative estimate of drug-likeness (QED) is 0.313. The zero-order valence-corrected chi connectivity index (χ0v) is 17.0. The number of aromatic hydroxyl groups is 1. The van der Waals surface area contributed by atoms with Crippen molar-refractivity contribution in [2.45, 2.75) is 48.8 Å². The average molecular weight is 469 g/mol. The molecule has 26 heavy (non-hydrogen) atoms. The van der Waals surface area contributed by atoms with E-state index in [0.717, 1.165) is 35.1 Å². The van der Waals surface area contributed by atoms with Crippen LogP contribution in [0.4, 0.5) is 0 Å². The number of phenolic OH excluding ortho intramolecular Hbond substituents is 1. The van der Waals surface area contributed by atoms with Gasteiger partial charge in [-0.15, -0.1) is 0 Å². The minimum absolute atomic E-state index is 0. The van der Waals surface area contributed by atoms with Crippen molar-refractivity contribution < 1.29 is 48.2 Å². The SMILES string of the molecule is C=CC[N+]1(C)CCC23c4c5ccc(O)c4O[C@H]2C(=O)CC[C@@]3(O)[C@H]1C5.[I-]. The summed E-state index contributed by atoms with van der Waals surface area (Å²) < 4.78 is 6.76. The summed E-state index contributed by atoms with van der Waals surface area (Å²) in [6.07, 6.45) is 3.47. The number of likely N-dealkylation sites (tertiary alicyclic amines) is 1. The number of piperidine rings is 1. The largest absolute Gasteiger partial charge is 1.00 e. The van der Waals surface area contributed by atoms with Crippen LogP contribution in [0, 0.1) is 0 Å². The van der Waals surface area contributed by atoms with Gasteiger partial charge in [-0.3, -0.25) is 4.79 Å². The highest BCUT2D eigenvalue weighted by atomic mass is 127. The van der Waals surface area contributed by atoms with Crippen molar-refractivity contribution >= 4 is 5.78 Å². The van der Waals surface area contributed by atoms with Gasteiger partial charge in [0.2, 0.25) is 0 Å².